The Bertz CT molecular complexity index is 759. The molecule has 0 bridgehead atoms. The first-order chi connectivity index (χ1) is 9.69. The first-order valence-electron chi connectivity index (χ1n) is 6.69. The number of benzene rings is 2. The molecule has 0 fully saturated rings. The van der Waals surface area contributed by atoms with Crippen molar-refractivity contribution in [2.75, 3.05) is 0 Å². The molecule has 0 aliphatic heterocycles. The van der Waals surface area contributed by atoms with Crippen molar-refractivity contribution in [1.29, 1.82) is 0 Å². The molecule has 0 aliphatic rings. The van der Waals surface area contributed by atoms with Gasteiger partial charge in [-0.15, -0.1) is 0 Å². The van der Waals surface area contributed by atoms with Crippen LogP contribution in [0.3, 0.4) is 0 Å². The minimum Gasteiger partial charge on any atom is -0.343 e. The van der Waals surface area contributed by atoms with E-state index in [4.69, 9.17) is 0 Å². The average Bonchev–Trinajstić information content (AvgIpc) is 2.85. The molecule has 0 radical (unpaired) electrons. The van der Waals surface area contributed by atoms with Crippen LogP contribution >= 0.6 is 0 Å². The predicted molar refractivity (Wildman–Crippen MR) is 76.8 cm³/mol. The van der Waals surface area contributed by atoms with E-state index >= 15 is 0 Å². The van der Waals surface area contributed by atoms with Gasteiger partial charge in [0.1, 0.15) is 11.6 Å². The lowest BCUT2D eigenvalue weighted by Gasteiger charge is -2.10. The Morgan fingerprint density at radius 3 is 2.60 bits per heavy atom. The third-order valence-electron chi connectivity index (χ3n) is 3.61. The van der Waals surface area contributed by atoms with Crippen molar-refractivity contribution in [3.8, 4) is 0 Å². The van der Waals surface area contributed by atoms with Crippen LogP contribution < -0.4 is 0 Å². The standard InChI is InChI=1S/C17H15F2N/c1-2-12-4-3-5-13-8-9-20(17(12)13)11-14-6-7-15(18)10-16(14)19/h3-10H,2,11H2,1H3. The number of halogens is 2. The zero-order valence-corrected chi connectivity index (χ0v) is 11.2. The molecule has 3 heteroatoms. The fraction of sp³-hybridized carbons (Fsp3) is 0.176. The van der Waals surface area contributed by atoms with E-state index in [-0.39, 0.29) is 0 Å². The molecule has 102 valence electrons. The Morgan fingerprint density at radius 1 is 1.00 bits per heavy atom. The maximum atomic E-state index is 13.8. The lowest BCUT2D eigenvalue weighted by atomic mass is 10.1. The lowest BCUT2D eigenvalue weighted by molar-refractivity contribution is 0.567. The maximum absolute atomic E-state index is 13.8. The zero-order chi connectivity index (χ0) is 14.1. The fourth-order valence-electron chi connectivity index (χ4n) is 2.59. The highest BCUT2D eigenvalue weighted by Crippen LogP contribution is 2.22. The van der Waals surface area contributed by atoms with E-state index in [2.05, 4.69) is 13.0 Å². The summed E-state index contributed by atoms with van der Waals surface area (Å²) in [7, 11) is 0. The number of nitrogens with zero attached hydrogens (tertiary/aromatic N) is 1. The molecule has 3 rings (SSSR count). The number of aryl methyl sites for hydroxylation is 1. The van der Waals surface area contributed by atoms with E-state index < -0.39 is 11.6 Å². The summed E-state index contributed by atoms with van der Waals surface area (Å²) in [5.41, 5.74) is 2.85. The summed E-state index contributed by atoms with van der Waals surface area (Å²) >= 11 is 0. The van der Waals surface area contributed by atoms with Gasteiger partial charge in [-0.25, -0.2) is 8.78 Å². The molecule has 2 aromatic carbocycles. The number of para-hydroxylation sites is 1. The lowest BCUT2D eigenvalue weighted by Crippen LogP contribution is -2.02. The summed E-state index contributed by atoms with van der Waals surface area (Å²) in [6.45, 7) is 2.51. The molecule has 0 amide bonds. The quantitative estimate of drug-likeness (QED) is 0.659. The van der Waals surface area contributed by atoms with Crippen molar-refractivity contribution in [2.45, 2.75) is 19.9 Å². The Kier molecular flexibility index (Phi) is 3.26. The summed E-state index contributed by atoms with van der Waals surface area (Å²) in [5, 5.41) is 1.15. The zero-order valence-electron chi connectivity index (χ0n) is 11.2. The van der Waals surface area contributed by atoms with Crippen LogP contribution in [0, 0.1) is 11.6 Å². The molecular weight excluding hydrogens is 256 g/mol. The third kappa shape index (κ3) is 2.20. The second kappa shape index (κ2) is 5.08. The first kappa shape index (κ1) is 12.9. The van der Waals surface area contributed by atoms with Gasteiger partial charge in [0.05, 0.1) is 12.1 Å². The Hall–Kier alpha value is -2.16. The van der Waals surface area contributed by atoms with E-state index in [1.165, 1.54) is 17.7 Å². The highest BCUT2D eigenvalue weighted by atomic mass is 19.1. The molecule has 1 heterocycles. The summed E-state index contributed by atoms with van der Waals surface area (Å²) in [6, 6.07) is 11.9. The highest BCUT2D eigenvalue weighted by molar-refractivity contribution is 5.83. The molecule has 0 unspecified atom stereocenters. The molecule has 0 N–H and O–H groups in total. The van der Waals surface area contributed by atoms with Gasteiger partial charge in [-0.05, 0) is 29.5 Å². The molecule has 20 heavy (non-hydrogen) atoms. The number of rotatable bonds is 3. The van der Waals surface area contributed by atoms with E-state index in [0.29, 0.717) is 12.1 Å². The third-order valence-corrected chi connectivity index (χ3v) is 3.61. The van der Waals surface area contributed by atoms with Gasteiger partial charge in [0.25, 0.3) is 0 Å². The van der Waals surface area contributed by atoms with Crippen LogP contribution in [0.4, 0.5) is 8.78 Å². The molecule has 0 spiro atoms. The van der Waals surface area contributed by atoms with Crippen LogP contribution in [0.5, 0.6) is 0 Å². The Balaban J connectivity index is 2.06. The van der Waals surface area contributed by atoms with Crippen LogP contribution in [0.2, 0.25) is 0 Å². The van der Waals surface area contributed by atoms with Gasteiger partial charge >= 0.3 is 0 Å². The van der Waals surface area contributed by atoms with Crippen LogP contribution in [0.25, 0.3) is 10.9 Å². The first-order valence-corrected chi connectivity index (χ1v) is 6.69. The molecule has 0 aliphatic carbocycles. The maximum Gasteiger partial charge on any atom is 0.131 e. The predicted octanol–water partition coefficient (Wildman–Crippen LogP) is 4.53. The fourth-order valence-corrected chi connectivity index (χ4v) is 2.59. The number of hydrogen-bond acceptors (Lipinski definition) is 0. The van der Waals surface area contributed by atoms with Gasteiger partial charge in [-0.3, -0.25) is 0 Å². The van der Waals surface area contributed by atoms with Gasteiger partial charge in [-0.2, -0.15) is 0 Å². The van der Waals surface area contributed by atoms with Crippen molar-refractivity contribution in [3.63, 3.8) is 0 Å². The van der Waals surface area contributed by atoms with Gasteiger partial charge in [0, 0.05) is 17.8 Å². The number of aromatic nitrogens is 1. The van der Waals surface area contributed by atoms with Gasteiger partial charge in [0.15, 0.2) is 0 Å². The Morgan fingerprint density at radius 2 is 1.85 bits per heavy atom. The van der Waals surface area contributed by atoms with Gasteiger partial charge in [0.2, 0.25) is 0 Å². The van der Waals surface area contributed by atoms with E-state index in [0.717, 1.165) is 23.4 Å². The van der Waals surface area contributed by atoms with Crippen molar-refractivity contribution in [2.24, 2.45) is 0 Å². The average molecular weight is 271 g/mol. The SMILES string of the molecule is CCc1cccc2ccn(Cc3ccc(F)cc3F)c12. The summed E-state index contributed by atoms with van der Waals surface area (Å²) in [5.74, 6) is -1.04. The molecule has 0 atom stereocenters. The summed E-state index contributed by atoms with van der Waals surface area (Å²) in [4.78, 5) is 0. The Labute approximate surface area is 116 Å². The largest absolute Gasteiger partial charge is 0.343 e. The molecular formula is C17H15F2N. The van der Waals surface area contributed by atoms with E-state index in [1.54, 1.807) is 0 Å². The number of hydrogen-bond donors (Lipinski definition) is 0. The second-order valence-electron chi connectivity index (χ2n) is 4.89. The summed E-state index contributed by atoms with van der Waals surface area (Å²) in [6.07, 6.45) is 2.87. The normalized spacial score (nSPS) is 11.2. The monoisotopic (exact) mass is 271 g/mol. The second-order valence-corrected chi connectivity index (χ2v) is 4.89. The minimum atomic E-state index is -0.544. The summed E-state index contributed by atoms with van der Waals surface area (Å²) < 4.78 is 28.7. The molecule has 3 aromatic rings. The van der Waals surface area contributed by atoms with Gasteiger partial charge in [-0.1, -0.05) is 31.2 Å². The van der Waals surface area contributed by atoms with Gasteiger partial charge < -0.3 is 4.57 Å². The van der Waals surface area contributed by atoms with Crippen molar-refractivity contribution in [1.82, 2.24) is 4.57 Å². The number of fused-ring (bicyclic) bond motifs is 1. The van der Waals surface area contributed by atoms with E-state index in [1.807, 2.05) is 29.0 Å². The van der Waals surface area contributed by atoms with Crippen LogP contribution in [-0.2, 0) is 13.0 Å². The highest BCUT2D eigenvalue weighted by Gasteiger charge is 2.09. The molecule has 1 aromatic heterocycles. The van der Waals surface area contributed by atoms with E-state index in [9.17, 15) is 8.78 Å². The molecule has 0 saturated heterocycles. The molecule has 1 nitrogen and oxygen atoms in total. The van der Waals surface area contributed by atoms with Crippen LogP contribution in [-0.4, -0.2) is 4.57 Å². The minimum absolute atomic E-state index is 0.409. The van der Waals surface area contributed by atoms with Crippen LogP contribution in [0.1, 0.15) is 18.1 Å². The topological polar surface area (TPSA) is 4.93 Å². The van der Waals surface area contributed by atoms with Crippen LogP contribution in [0.15, 0.2) is 48.7 Å². The molecule has 0 saturated carbocycles. The van der Waals surface area contributed by atoms with Crippen molar-refractivity contribution < 1.29 is 8.78 Å². The van der Waals surface area contributed by atoms with Crippen molar-refractivity contribution >= 4 is 10.9 Å². The smallest absolute Gasteiger partial charge is 0.131 e. The van der Waals surface area contributed by atoms with Crippen molar-refractivity contribution in [3.05, 3.63) is 71.4 Å².